The molecule has 0 fully saturated rings. The number of hydrogen-bond acceptors (Lipinski definition) is 2. The van der Waals surface area contributed by atoms with E-state index in [1.807, 2.05) is 18.2 Å². The average Bonchev–Trinajstić information content (AvgIpc) is 2.85. The second kappa shape index (κ2) is 5.30. The number of benzene rings is 2. The molecule has 0 heterocycles. The SMILES string of the molecule is Cc1cc(NC(=O)c2cccc3c2CCC3N)ccc1F. The zero-order valence-electron chi connectivity index (χ0n) is 11.8. The lowest BCUT2D eigenvalue weighted by Crippen LogP contribution is -2.15. The van der Waals surface area contributed by atoms with Crippen molar-refractivity contribution in [3.8, 4) is 0 Å². The molecule has 0 saturated carbocycles. The van der Waals surface area contributed by atoms with E-state index >= 15 is 0 Å². The molecule has 0 aromatic heterocycles. The first kappa shape index (κ1) is 13.8. The molecule has 1 amide bonds. The fourth-order valence-corrected chi connectivity index (χ4v) is 2.82. The first-order chi connectivity index (χ1) is 10.1. The van der Waals surface area contributed by atoms with Gasteiger partial charge in [0.05, 0.1) is 0 Å². The number of nitrogens with one attached hydrogen (secondary N) is 1. The van der Waals surface area contributed by atoms with Crippen LogP contribution >= 0.6 is 0 Å². The molecular formula is C17H17FN2O. The minimum absolute atomic E-state index is 0.0146. The van der Waals surface area contributed by atoms with Crippen molar-refractivity contribution in [1.29, 1.82) is 0 Å². The van der Waals surface area contributed by atoms with Crippen LogP contribution in [0.2, 0.25) is 0 Å². The number of fused-ring (bicyclic) bond motifs is 1. The molecule has 2 aromatic carbocycles. The van der Waals surface area contributed by atoms with E-state index in [2.05, 4.69) is 5.32 Å². The molecule has 4 heteroatoms. The van der Waals surface area contributed by atoms with Crippen molar-refractivity contribution in [1.82, 2.24) is 0 Å². The number of rotatable bonds is 2. The van der Waals surface area contributed by atoms with Gasteiger partial charge in [-0.3, -0.25) is 4.79 Å². The van der Waals surface area contributed by atoms with E-state index in [0.717, 1.165) is 24.0 Å². The molecule has 0 bridgehead atoms. The van der Waals surface area contributed by atoms with E-state index in [0.29, 0.717) is 16.8 Å². The van der Waals surface area contributed by atoms with Gasteiger partial charge in [-0.25, -0.2) is 4.39 Å². The minimum Gasteiger partial charge on any atom is -0.324 e. The lowest BCUT2D eigenvalue weighted by Gasteiger charge is -2.11. The van der Waals surface area contributed by atoms with Crippen molar-refractivity contribution in [2.75, 3.05) is 5.32 Å². The molecule has 3 rings (SSSR count). The van der Waals surface area contributed by atoms with E-state index in [1.54, 1.807) is 19.1 Å². The Labute approximate surface area is 123 Å². The summed E-state index contributed by atoms with van der Waals surface area (Å²) in [6.45, 7) is 1.67. The third kappa shape index (κ3) is 2.54. The Hall–Kier alpha value is -2.20. The molecule has 108 valence electrons. The molecule has 3 N–H and O–H groups in total. The number of carbonyl (C=O) groups is 1. The predicted octanol–water partition coefficient (Wildman–Crippen LogP) is 3.33. The second-order valence-corrected chi connectivity index (χ2v) is 5.44. The Bertz CT molecular complexity index is 712. The zero-order valence-corrected chi connectivity index (χ0v) is 11.8. The van der Waals surface area contributed by atoms with Crippen LogP contribution < -0.4 is 11.1 Å². The molecular weight excluding hydrogens is 267 g/mol. The Morgan fingerprint density at radius 2 is 2.14 bits per heavy atom. The van der Waals surface area contributed by atoms with Crippen molar-refractivity contribution in [2.45, 2.75) is 25.8 Å². The van der Waals surface area contributed by atoms with Gasteiger partial charge in [-0.05, 0) is 60.7 Å². The number of amides is 1. The normalized spacial score (nSPS) is 16.6. The van der Waals surface area contributed by atoms with Gasteiger partial charge in [0.15, 0.2) is 0 Å². The molecule has 1 aliphatic rings. The van der Waals surface area contributed by atoms with Crippen LogP contribution in [0.4, 0.5) is 10.1 Å². The van der Waals surface area contributed by atoms with Gasteiger partial charge in [0, 0.05) is 17.3 Å². The van der Waals surface area contributed by atoms with Gasteiger partial charge in [-0.2, -0.15) is 0 Å². The smallest absolute Gasteiger partial charge is 0.255 e. The molecule has 3 nitrogen and oxygen atoms in total. The highest BCUT2D eigenvalue weighted by Crippen LogP contribution is 2.31. The van der Waals surface area contributed by atoms with Gasteiger partial charge >= 0.3 is 0 Å². The molecule has 1 aliphatic carbocycles. The number of nitrogens with two attached hydrogens (primary N) is 1. The summed E-state index contributed by atoms with van der Waals surface area (Å²) in [6, 6.07) is 10.2. The van der Waals surface area contributed by atoms with Gasteiger partial charge in [0.1, 0.15) is 5.82 Å². The lowest BCUT2D eigenvalue weighted by molar-refractivity contribution is 0.102. The van der Waals surface area contributed by atoms with Crippen LogP contribution in [0.25, 0.3) is 0 Å². The van der Waals surface area contributed by atoms with Gasteiger partial charge < -0.3 is 11.1 Å². The average molecular weight is 284 g/mol. The van der Waals surface area contributed by atoms with Crippen molar-refractivity contribution in [2.24, 2.45) is 5.73 Å². The Kier molecular flexibility index (Phi) is 3.47. The number of aryl methyl sites for hydroxylation is 1. The largest absolute Gasteiger partial charge is 0.324 e. The van der Waals surface area contributed by atoms with Crippen molar-refractivity contribution in [3.63, 3.8) is 0 Å². The molecule has 0 saturated heterocycles. The summed E-state index contributed by atoms with van der Waals surface area (Å²) in [7, 11) is 0. The van der Waals surface area contributed by atoms with Crippen LogP contribution in [0.1, 0.15) is 39.5 Å². The third-order valence-electron chi connectivity index (χ3n) is 3.98. The highest BCUT2D eigenvalue weighted by Gasteiger charge is 2.24. The Balaban J connectivity index is 1.88. The fraction of sp³-hybridized carbons (Fsp3) is 0.235. The van der Waals surface area contributed by atoms with E-state index in [-0.39, 0.29) is 17.8 Å². The molecule has 0 spiro atoms. The molecule has 1 atom stereocenters. The highest BCUT2D eigenvalue weighted by molar-refractivity contribution is 6.05. The van der Waals surface area contributed by atoms with Crippen molar-refractivity contribution in [3.05, 3.63) is 64.5 Å². The number of carbonyl (C=O) groups excluding carboxylic acids is 1. The molecule has 1 unspecified atom stereocenters. The summed E-state index contributed by atoms with van der Waals surface area (Å²) in [4.78, 5) is 12.4. The summed E-state index contributed by atoms with van der Waals surface area (Å²) in [5, 5.41) is 2.82. The zero-order chi connectivity index (χ0) is 15.0. The van der Waals surface area contributed by atoms with E-state index in [4.69, 9.17) is 5.73 Å². The van der Waals surface area contributed by atoms with Crippen LogP contribution in [-0.2, 0) is 6.42 Å². The van der Waals surface area contributed by atoms with Gasteiger partial charge in [0.2, 0.25) is 0 Å². The van der Waals surface area contributed by atoms with E-state index in [9.17, 15) is 9.18 Å². The van der Waals surface area contributed by atoms with Crippen molar-refractivity contribution < 1.29 is 9.18 Å². The van der Waals surface area contributed by atoms with Crippen LogP contribution in [0.15, 0.2) is 36.4 Å². The summed E-state index contributed by atoms with van der Waals surface area (Å²) in [6.07, 6.45) is 1.69. The number of anilines is 1. The fourth-order valence-electron chi connectivity index (χ4n) is 2.82. The third-order valence-corrected chi connectivity index (χ3v) is 3.98. The summed E-state index contributed by atoms with van der Waals surface area (Å²) in [5.74, 6) is -0.452. The topological polar surface area (TPSA) is 55.1 Å². The van der Waals surface area contributed by atoms with Crippen LogP contribution in [-0.4, -0.2) is 5.91 Å². The number of halogens is 1. The molecule has 0 radical (unpaired) electrons. The highest BCUT2D eigenvalue weighted by atomic mass is 19.1. The molecule has 2 aromatic rings. The quantitative estimate of drug-likeness (QED) is 0.888. The number of hydrogen-bond donors (Lipinski definition) is 2. The summed E-state index contributed by atoms with van der Waals surface area (Å²) < 4.78 is 13.3. The van der Waals surface area contributed by atoms with E-state index < -0.39 is 0 Å². The maximum atomic E-state index is 13.3. The standard InChI is InChI=1S/C17H17FN2O/c1-10-9-11(5-7-15(10)18)20-17(21)14-4-2-3-13-12(14)6-8-16(13)19/h2-5,7,9,16H,6,8,19H2,1H3,(H,20,21). The second-order valence-electron chi connectivity index (χ2n) is 5.44. The van der Waals surface area contributed by atoms with Crippen LogP contribution in [0.5, 0.6) is 0 Å². The van der Waals surface area contributed by atoms with Gasteiger partial charge in [0.25, 0.3) is 5.91 Å². The van der Waals surface area contributed by atoms with Crippen LogP contribution in [0, 0.1) is 12.7 Å². The molecule has 21 heavy (non-hydrogen) atoms. The molecule has 0 aliphatic heterocycles. The monoisotopic (exact) mass is 284 g/mol. The van der Waals surface area contributed by atoms with Crippen molar-refractivity contribution >= 4 is 11.6 Å². The Morgan fingerprint density at radius 3 is 2.90 bits per heavy atom. The van der Waals surface area contributed by atoms with Crippen LogP contribution in [0.3, 0.4) is 0 Å². The van der Waals surface area contributed by atoms with Gasteiger partial charge in [-0.1, -0.05) is 12.1 Å². The maximum Gasteiger partial charge on any atom is 0.255 e. The summed E-state index contributed by atoms with van der Waals surface area (Å²) >= 11 is 0. The Morgan fingerprint density at radius 1 is 1.33 bits per heavy atom. The van der Waals surface area contributed by atoms with Gasteiger partial charge in [-0.15, -0.1) is 0 Å². The first-order valence-corrected chi connectivity index (χ1v) is 7.01. The van der Waals surface area contributed by atoms with E-state index in [1.165, 1.54) is 6.07 Å². The summed E-state index contributed by atoms with van der Waals surface area (Å²) in [5.41, 5.74) is 9.87. The predicted molar refractivity (Wildman–Crippen MR) is 80.8 cm³/mol. The lowest BCUT2D eigenvalue weighted by atomic mass is 10.0. The maximum absolute atomic E-state index is 13.3. The minimum atomic E-state index is -0.278. The first-order valence-electron chi connectivity index (χ1n) is 7.01.